The minimum absolute atomic E-state index is 0.204. The highest BCUT2D eigenvalue weighted by Gasteiger charge is 2.32. The number of thiophene rings is 1. The Bertz CT molecular complexity index is 859. The van der Waals surface area contributed by atoms with Crippen LogP contribution in [0.1, 0.15) is 51.9 Å². The second-order valence-electron chi connectivity index (χ2n) is 7.10. The van der Waals surface area contributed by atoms with Crippen LogP contribution in [-0.4, -0.2) is 37.3 Å². The lowest BCUT2D eigenvalue weighted by atomic mass is 10.0. The molecular weight excluding hydrogens is 392 g/mol. The van der Waals surface area contributed by atoms with E-state index in [1.54, 1.807) is 18.7 Å². The van der Waals surface area contributed by atoms with Crippen molar-refractivity contribution in [2.24, 2.45) is 0 Å². The van der Waals surface area contributed by atoms with E-state index in [1.807, 2.05) is 30.5 Å². The Kier molecular flexibility index (Phi) is 6.80. The maximum absolute atomic E-state index is 12.8. The molecule has 0 radical (unpaired) electrons. The van der Waals surface area contributed by atoms with Gasteiger partial charge in [-0.1, -0.05) is 0 Å². The topological polar surface area (TPSA) is 59.8 Å². The highest BCUT2D eigenvalue weighted by molar-refractivity contribution is 7.98. The third-order valence-electron chi connectivity index (χ3n) is 5.05. The Morgan fingerprint density at radius 3 is 2.61 bits per heavy atom. The molecule has 1 amide bonds. The van der Waals surface area contributed by atoms with E-state index in [2.05, 4.69) is 19.2 Å². The van der Waals surface area contributed by atoms with E-state index >= 15 is 0 Å². The molecule has 3 rings (SSSR count). The van der Waals surface area contributed by atoms with Gasteiger partial charge in [0, 0.05) is 16.9 Å². The van der Waals surface area contributed by atoms with E-state index in [0.29, 0.717) is 28.8 Å². The molecule has 1 aliphatic rings. The Morgan fingerprint density at radius 1 is 1.29 bits per heavy atom. The highest BCUT2D eigenvalue weighted by atomic mass is 32.2. The number of hydrogen-bond acceptors (Lipinski definition) is 5. The second kappa shape index (κ2) is 9.11. The summed E-state index contributed by atoms with van der Waals surface area (Å²) in [7, 11) is 0. The molecule has 28 heavy (non-hydrogen) atoms. The van der Waals surface area contributed by atoms with Crippen molar-refractivity contribution in [1.82, 2.24) is 0 Å². The monoisotopic (exact) mass is 419 g/mol. The van der Waals surface area contributed by atoms with Crippen molar-refractivity contribution in [1.29, 1.82) is 0 Å². The van der Waals surface area contributed by atoms with Crippen LogP contribution in [0.15, 0.2) is 29.2 Å². The minimum Gasteiger partial charge on any atom is -0.462 e. The summed E-state index contributed by atoms with van der Waals surface area (Å²) in [5, 5.41) is 3.57. The number of anilines is 1. The van der Waals surface area contributed by atoms with Gasteiger partial charge in [-0.3, -0.25) is 4.79 Å². The van der Waals surface area contributed by atoms with Crippen LogP contribution in [-0.2, 0) is 17.7 Å². The largest absolute Gasteiger partial charge is 0.462 e. The van der Waals surface area contributed by atoms with E-state index in [-0.39, 0.29) is 11.9 Å². The Balaban J connectivity index is 1.90. The maximum atomic E-state index is 12.8. The van der Waals surface area contributed by atoms with E-state index in [9.17, 15) is 9.59 Å². The second-order valence-corrected chi connectivity index (χ2v) is 9.09. The lowest BCUT2D eigenvalue weighted by Crippen LogP contribution is -3.14. The number of thioether (sulfide) groups is 1. The average Bonchev–Trinajstić information content (AvgIpc) is 3.05. The van der Waals surface area contributed by atoms with Crippen molar-refractivity contribution < 1.29 is 19.2 Å². The molecule has 5 nitrogen and oxygen atoms in total. The number of carbonyl (C=O) groups is 2. The van der Waals surface area contributed by atoms with Crippen LogP contribution >= 0.6 is 23.1 Å². The number of esters is 1. The molecule has 0 spiro atoms. The molecule has 7 heteroatoms. The Labute approximate surface area is 174 Å². The molecule has 1 unspecified atom stereocenters. The zero-order chi connectivity index (χ0) is 20.3. The number of rotatable bonds is 6. The van der Waals surface area contributed by atoms with E-state index in [0.717, 1.165) is 30.0 Å². The van der Waals surface area contributed by atoms with Gasteiger partial charge in [-0.05, 0) is 56.9 Å². The van der Waals surface area contributed by atoms with Crippen LogP contribution in [0.5, 0.6) is 0 Å². The first kappa shape index (κ1) is 20.9. The van der Waals surface area contributed by atoms with Gasteiger partial charge in [0.15, 0.2) is 0 Å². The van der Waals surface area contributed by atoms with E-state index in [1.165, 1.54) is 21.1 Å². The van der Waals surface area contributed by atoms with Crippen molar-refractivity contribution in [2.75, 3.05) is 24.7 Å². The molecular formula is C21H27N2O3S2+. The van der Waals surface area contributed by atoms with Crippen LogP contribution in [0.25, 0.3) is 0 Å². The van der Waals surface area contributed by atoms with Crippen molar-refractivity contribution >= 4 is 40.0 Å². The van der Waals surface area contributed by atoms with Gasteiger partial charge in [-0.2, -0.15) is 0 Å². The van der Waals surface area contributed by atoms with Crippen LogP contribution in [0.4, 0.5) is 5.00 Å². The lowest BCUT2D eigenvalue weighted by Gasteiger charge is -2.27. The van der Waals surface area contributed by atoms with Gasteiger partial charge < -0.3 is 15.0 Å². The molecule has 1 aromatic heterocycles. The normalized spacial score (nSPS) is 16.0. The quantitative estimate of drug-likeness (QED) is 0.557. The molecule has 0 saturated heterocycles. The number of ether oxygens (including phenoxy) is 1. The van der Waals surface area contributed by atoms with Crippen LogP contribution in [0.2, 0.25) is 0 Å². The molecule has 2 heterocycles. The third kappa shape index (κ3) is 4.42. The van der Waals surface area contributed by atoms with Crippen molar-refractivity contribution in [3.63, 3.8) is 0 Å². The summed E-state index contributed by atoms with van der Waals surface area (Å²) >= 11 is 3.14. The van der Waals surface area contributed by atoms with E-state index in [4.69, 9.17) is 4.74 Å². The van der Waals surface area contributed by atoms with Crippen LogP contribution in [0.3, 0.4) is 0 Å². The fraction of sp³-hybridized carbons (Fsp3) is 0.429. The molecule has 0 aliphatic carbocycles. The maximum Gasteiger partial charge on any atom is 0.341 e. The summed E-state index contributed by atoms with van der Waals surface area (Å²) in [4.78, 5) is 29.2. The van der Waals surface area contributed by atoms with Gasteiger partial charge in [-0.15, -0.1) is 23.1 Å². The highest BCUT2D eigenvalue weighted by Crippen LogP contribution is 2.35. The van der Waals surface area contributed by atoms with Crippen LogP contribution < -0.4 is 10.2 Å². The average molecular weight is 420 g/mol. The first-order chi connectivity index (χ1) is 13.4. The molecule has 0 bridgehead atoms. The number of quaternary nitrogens is 1. The Morgan fingerprint density at radius 2 is 2.00 bits per heavy atom. The first-order valence-corrected chi connectivity index (χ1v) is 11.6. The number of benzene rings is 1. The summed E-state index contributed by atoms with van der Waals surface area (Å²) in [6.07, 6.45) is 2.82. The van der Waals surface area contributed by atoms with Crippen molar-refractivity contribution in [3.05, 3.63) is 45.8 Å². The molecule has 1 aliphatic heterocycles. The predicted octanol–water partition coefficient (Wildman–Crippen LogP) is 3.25. The minimum atomic E-state index is -0.346. The van der Waals surface area contributed by atoms with E-state index < -0.39 is 0 Å². The summed E-state index contributed by atoms with van der Waals surface area (Å²) in [5.41, 5.74) is 2.16. The SMILES string of the molecule is CCOC(=O)c1c(NC(=O)c2ccc(SC)cc2)sc2c1CC[NH+](C(C)C)C2. The smallest absolute Gasteiger partial charge is 0.341 e. The summed E-state index contributed by atoms with van der Waals surface area (Å²) in [6.45, 7) is 8.39. The summed E-state index contributed by atoms with van der Waals surface area (Å²) in [6, 6.07) is 7.99. The summed E-state index contributed by atoms with van der Waals surface area (Å²) in [5.74, 6) is -0.550. The van der Waals surface area contributed by atoms with Gasteiger partial charge in [0.1, 0.15) is 11.5 Å². The number of nitrogens with one attached hydrogen (secondary N) is 2. The number of carbonyl (C=O) groups excluding carboxylic acids is 2. The molecule has 1 atom stereocenters. The third-order valence-corrected chi connectivity index (χ3v) is 6.94. The Hall–Kier alpha value is -1.83. The lowest BCUT2D eigenvalue weighted by molar-refractivity contribution is -0.936. The number of fused-ring (bicyclic) bond motifs is 1. The first-order valence-electron chi connectivity index (χ1n) is 9.56. The summed E-state index contributed by atoms with van der Waals surface area (Å²) < 4.78 is 5.29. The molecule has 150 valence electrons. The van der Waals surface area contributed by atoms with Crippen molar-refractivity contribution in [2.45, 2.75) is 44.7 Å². The molecule has 2 N–H and O–H groups in total. The number of amides is 1. The van der Waals surface area contributed by atoms with Gasteiger partial charge in [0.2, 0.25) is 0 Å². The predicted molar refractivity (Wildman–Crippen MR) is 115 cm³/mol. The van der Waals surface area contributed by atoms with Gasteiger partial charge in [0.05, 0.1) is 29.6 Å². The fourth-order valence-corrected chi connectivity index (χ4v) is 5.11. The van der Waals surface area contributed by atoms with Gasteiger partial charge in [-0.25, -0.2) is 4.79 Å². The van der Waals surface area contributed by atoms with Crippen LogP contribution in [0, 0.1) is 0 Å². The fourth-order valence-electron chi connectivity index (χ4n) is 3.42. The van der Waals surface area contributed by atoms with Crippen molar-refractivity contribution in [3.8, 4) is 0 Å². The molecule has 0 saturated carbocycles. The molecule has 0 fully saturated rings. The molecule has 1 aromatic carbocycles. The van der Waals surface area contributed by atoms with Gasteiger partial charge >= 0.3 is 5.97 Å². The zero-order valence-electron chi connectivity index (χ0n) is 16.8. The van der Waals surface area contributed by atoms with Gasteiger partial charge in [0.25, 0.3) is 5.91 Å². The molecule has 2 aromatic rings. The number of hydrogen-bond donors (Lipinski definition) is 2. The zero-order valence-corrected chi connectivity index (χ0v) is 18.4. The standard InChI is InChI=1S/C21H26N2O3S2/c1-5-26-21(25)18-16-10-11-23(13(2)3)12-17(16)28-20(18)22-19(24)14-6-8-15(27-4)9-7-14/h6-9,13H,5,10-12H2,1-4H3,(H,22,24)/p+1.